The van der Waals surface area contributed by atoms with Gasteiger partial charge < -0.3 is 5.73 Å². The Morgan fingerprint density at radius 2 is 1.69 bits per heavy atom. The van der Waals surface area contributed by atoms with Gasteiger partial charge in [-0.2, -0.15) is 0 Å². The second kappa shape index (κ2) is 4.41. The molecule has 0 aliphatic carbocycles. The summed E-state index contributed by atoms with van der Waals surface area (Å²) in [5, 5.41) is 0. The van der Waals surface area contributed by atoms with Crippen molar-refractivity contribution >= 4 is 0 Å². The molecule has 0 saturated carbocycles. The highest BCUT2D eigenvalue weighted by Gasteiger charge is 2.09. The summed E-state index contributed by atoms with van der Waals surface area (Å²) in [5.74, 6) is -0.898. The van der Waals surface area contributed by atoms with Crippen molar-refractivity contribution in [1.29, 1.82) is 0 Å². The Bertz CT molecular complexity index is 509. The van der Waals surface area contributed by atoms with Gasteiger partial charge in [-0.1, -0.05) is 24.3 Å². The van der Waals surface area contributed by atoms with Crippen molar-refractivity contribution in [3.8, 4) is 11.1 Å². The zero-order chi connectivity index (χ0) is 11.5. The average Bonchev–Trinajstić information content (AvgIpc) is 2.32. The van der Waals surface area contributed by atoms with Gasteiger partial charge >= 0.3 is 0 Å². The summed E-state index contributed by atoms with van der Waals surface area (Å²) < 4.78 is 26.6. The molecule has 0 unspecified atom stereocenters. The molecule has 82 valence electrons. The Morgan fingerprint density at radius 1 is 0.938 bits per heavy atom. The van der Waals surface area contributed by atoms with Crippen molar-refractivity contribution in [1.82, 2.24) is 0 Å². The normalized spacial score (nSPS) is 10.4. The van der Waals surface area contributed by atoms with Crippen LogP contribution in [0.2, 0.25) is 0 Å². The maximum Gasteiger partial charge on any atom is 0.131 e. The van der Waals surface area contributed by atoms with Crippen molar-refractivity contribution in [2.45, 2.75) is 6.54 Å². The monoisotopic (exact) mass is 219 g/mol. The van der Waals surface area contributed by atoms with Crippen LogP contribution in [0.4, 0.5) is 8.78 Å². The molecule has 0 aromatic heterocycles. The SMILES string of the molecule is NCc1ccccc1-c1cc(F)ccc1F. The van der Waals surface area contributed by atoms with Gasteiger partial charge in [0.05, 0.1) is 0 Å². The first-order valence-corrected chi connectivity index (χ1v) is 4.96. The second-order valence-electron chi connectivity index (χ2n) is 3.49. The van der Waals surface area contributed by atoms with Gasteiger partial charge in [0, 0.05) is 12.1 Å². The fraction of sp³-hybridized carbons (Fsp3) is 0.0769. The van der Waals surface area contributed by atoms with Crippen LogP contribution in [0.1, 0.15) is 5.56 Å². The average molecular weight is 219 g/mol. The van der Waals surface area contributed by atoms with Crippen LogP contribution in [0, 0.1) is 11.6 Å². The molecule has 0 fully saturated rings. The summed E-state index contributed by atoms with van der Waals surface area (Å²) in [5.41, 5.74) is 7.25. The first-order valence-electron chi connectivity index (χ1n) is 4.96. The number of benzene rings is 2. The summed E-state index contributed by atoms with van der Waals surface area (Å²) in [6.07, 6.45) is 0. The van der Waals surface area contributed by atoms with Gasteiger partial charge in [-0.15, -0.1) is 0 Å². The molecule has 0 amide bonds. The highest BCUT2D eigenvalue weighted by Crippen LogP contribution is 2.26. The van der Waals surface area contributed by atoms with E-state index in [-0.39, 0.29) is 5.56 Å². The van der Waals surface area contributed by atoms with Crippen molar-refractivity contribution < 1.29 is 8.78 Å². The summed E-state index contributed by atoms with van der Waals surface area (Å²) in [7, 11) is 0. The molecule has 0 aliphatic rings. The van der Waals surface area contributed by atoms with Crippen LogP contribution >= 0.6 is 0 Å². The van der Waals surface area contributed by atoms with Crippen molar-refractivity contribution in [3.63, 3.8) is 0 Å². The molecule has 0 aliphatic heterocycles. The third-order valence-electron chi connectivity index (χ3n) is 2.46. The Balaban J connectivity index is 2.62. The van der Waals surface area contributed by atoms with Crippen molar-refractivity contribution in [3.05, 3.63) is 59.7 Å². The summed E-state index contributed by atoms with van der Waals surface area (Å²) in [6.45, 7) is 0.298. The molecule has 0 saturated heterocycles. The van der Waals surface area contributed by atoms with Gasteiger partial charge in [0.25, 0.3) is 0 Å². The molecular weight excluding hydrogens is 208 g/mol. The lowest BCUT2D eigenvalue weighted by atomic mass is 9.99. The highest BCUT2D eigenvalue weighted by atomic mass is 19.1. The minimum atomic E-state index is -0.455. The van der Waals surface area contributed by atoms with E-state index >= 15 is 0 Å². The van der Waals surface area contributed by atoms with Crippen LogP contribution in [0.15, 0.2) is 42.5 Å². The molecule has 0 heterocycles. The van der Waals surface area contributed by atoms with Crippen LogP contribution in [0.5, 0.6) is 0 Å². The second-order valence-corrected chi connectivity index (χ2v) is 3.49. The zero-order valence-corrected chi connectivity index (χ0v) is 8.58. The number of hydrogen-bond acceptors (Lipinski definition) is 1. The largest absolute Gasteiger partial charge is 0.326 e. The minimum absolute atomic E-state index is 0.251. The van der Waals surface area contributed by atoms with E-state index in [4.69, 9.17) is 5.73 Å². The fourth-order valence-corrected chi connectivity index (χ4v) is 1.66. The van der Waals surface area contributed by atoms with Crippen LogP contribution < -0.4 is 5.73 Å². The highest BCUT2D eigenvalue weighted by molar-refractivity contribution is 5.67. The van der Waals surface area contributed by atoms with Gasteiger partial charge in [0.15, 0.2) is 0 Å². The predicted molar refractivity (Wildman–Crippen MR) is 59.7 cm³/mol. The number of hydrogen-bond donors (Lipinski definition) is 1. The third kappa shape index (κ3) is 1.95. The lowest BCUT2D eigenvalue weighted by molar-refractivity contribution is 0.603. The Hall–Kier alpha value is -1.74. The maximum atomic E-state index is 13.6. The maximum absolute atomic E-state index is 13.6. The van der Waals surface area contributed by atoms with E-state index in [2.05, 4.69) is 0 Å². The standard InChI is InChI=1S/C13H11F2N/c14-10-5-6-13(15)12(7-10)11-4-2-1-3-9(11)8-16/h1-7H,8,16H2. The molecule has 0 bridgehead atoms. The molecule has 1 nitrogen and oxygen atoms in total. The Morgan fingerprint density at radius 3 is 2.44 bits per heavy atom. The quantitative estimate of drug-likeness (QED) is 0.825. The van der Waals surface area contributed by atoms with Gasteiger partial charge in [0.1, 0.15) is 11.6 Å². The molecule has 0 spiro atoms. The molecule has 2 N–H and O–H groups in total. The van der Waals surface area contributed by atoms with E-state index in [1.165, 1.54) is 6.07 Å². The number of halogens is 2. The molecule has 2 rings (SSSR count). The molecule has 16 heavy (non-hydrogen) atoms. The number of nitrogens with two attached hydrogens (primary N) is 1. The van der Waals surface area contributed by atoms with E-state index in [9.17, 15) is 8.78 Å². The van der Waals surface area contributed by atoms with E-state index in [1.807, 2.05) is 6.07 Å². The fourth-order valence-electron chi connectivity index (χ4n) is 1.66. The first kappa shape index (κ1) is 10.8. The van der Waals surface area contributed by atoms with Crippen LogP contribution in [0.3, 0.4) is 0 Å². The van der Waals surface area contributed by atoms with E-state index in [1.54, 1.807) is 18.2 Å². The summed E-state index contributed by atoms with van der Waals surface area (Å²) in [4.78, 5) is 0. The van der Waals surface area contributed by atoms with Crippen LogP contribution in [-0.2, 0) is 6.54 Å². The summed E-state index contributed by atoms with van der Waals surface area (Å²) >= 11 is 0. The van der Waals surface area contributed by atoms with E-state index < -0.39 is 11.6 Å². The third-order valence-corrected chi connectivity index (χ3v) is 2.46. The van der Waals surface area contributed by atoms with Gasteiger partial charge in [0.2, 0.25) is 0 Å². The number of rotatable bonds is 2. The van der Waals surface area contributed by atoms with Crippen LogP contribution in [0.25, 0.3) is 11.1 Å². The Kier molecular flexibility index (Phi) is 2.97. The lowest BCUT2D eigenvalue weighted by Gasteiger charge is -2.08. The predicted octanol–water partition coefficient (Wildman–Crippen LogP) is 3.09. The van der Waals surface area contributed by atoms with Crippen molar-refractivity contribution in [2.75, 3.05) is 0 Å². The summed E-state index contributed by atoms with van der Waals surface area (Å²) in [6, 6.07) is 10.5. The van der Waals surface area contributed by atoms with Gasteiger partial charge in [-0.25, -0.2) is 8.78 Å². The minimum Gasteiger partial charge on any atom is -0.326 e. The molecule has 0 atom stereocenters. The van der Waals surface area contributed by atoms with E-state index in [0.717, 1.165) is 17.7 Å². The zero-order valence-electron chi connectivity index (χ0n) is 8.58. The van der Waals surface area contributed by atoms with E-state index in [0.29, 0.717) is 12.1 Å². The molecule has 2 aromatic carbocycles. The smallest absolute Gasteiger partial charge is 0.131 e. The van der Waals surface area contributed by atoms with Crippen LogP contribution in [-0.4, -0.2) is 0 Å². The lowest BCUT2D eigenvalue weighted by Crippen LogP contribution is -1.99. The molecular formula is C13H11F2N. The molecule has 0 radical (unpaired) electrons. The molecule has 3 heteroatoms. The van der Waals surface area contributed by atoms with Gasteiger partial charge in [-0.05, 0) is 29.3 Å². The topological polar surface area (TPSA) is 26.0 Å². The Labute approximate surface area is 92.5 Å². The van der Waals surface area contributed by atoms with Crippen molar-refractivity contribution in [2.24, 2.45) is 5.73 Å². The first-order chi connectivity index (χ1) is 7.72. The van der Waals surface area contributed by atoms with Gasteiger partial charge in [-0.3, -0.25) is 0 Å². The molecule has 2 aromatic rings.